The third kappa shape index (κ3) is 5.50. The van der Waals surface area contributed by atoms with Crippen LogP contribution in [0.5, 0.6) is 5.75 Å². The topological polar surface area (TPSA) is 61.8 Å². The Bertz CT molecular complexity index is 909. The fourth-order valence-electron chi connectivity index (χ4n) is 3.64. The zero-order chi connectivity index (χ0) is 21.0. The highest BCUT2D eigenvalue weighted by molar-refractivity contribution is 14.0. The van der Waals surface area contributed by atoms with Crippen molar-refractivity contribution < 1.29 is 13.5 Å². The molecule has 1 aromatic heterocycles. The van der Waals surface area contributed by atoms with Crippen molar-refractivity contribution in [3.05, 3.63) is 52.9 Å². The van der Waals surface area contributed by atoms with Crippen LogP contribution in [0.1, 0.15) is 23.2 Å². The monoisotopic (exact) mass is 531 g/mol. The second kappa shape index (κ2) is 10.7. The lowest BCUT2D eigenvalue weighted by atomic mass is 10.1. The molecule has 1 unspecified atom stereocenters. The van der Waals surface area contributed by atoms with Crippen LogP contribution in [0.15, 0.2) is 29.4 Å². The van der Waals surface area contributed by atoms with Gasteiger partial charge in [0.1, 0.15) is 17.4 Å². The maximum absolute atomic E-state index is 14.0. The number of pyridine rings is 1. The summed E-state index contributed by atoms with van der Waals surface area (Å²) in [5, 5.41) is 6.64. The minimum Gasteiger partial charge on any atom is -0.496 e. The van der Waals surface area contributed by atoms with Gasteiger partial charge in [0.05, 0.1) is 25.0 Å². The normalized spacial score (nSPS) is 16.3. The zero-order valence-corrected chi connectivity index (χ0v) is 20.0. The van der Waals surface area contributed by atoms with E-state index in [1.807, 2.05) is 18.7 Å². The van der Waals surface area contributed by atoms with Gasteiger partial charge in [0.2, 0.25) is 0 Å². The van der Waals surface area contributed by atoms with Crippen molar-refractivity contribution in [2.75, 3.05) is 32.1 Å². The van der Waals surface area contributed by atoms with Crippen molar-refractivity contribution in [2.45, 2.75) is 32.9 Å². The summed E-state index contributed by atoms with van der Waals surface area (Å²) >= 11 is 0. The molecule has 6 nitrogen and oxygen atoms in total. The molecule has 0 bridgehead atoms. The molecule has 9 heteroatoms. The molecule has 0 spiro atoms. The second-order valence-electron chi connectivity index (χ2n) is 7.14. The quantitative estimate of drug-likeness (QED) is 0.351. The number of halogens is 3. The van der Waals surface area contributed by atoms with E-state index in [0.29, 0.717) is 31.3 Å². The maximum Gasteiger partial charge on any atom is 0.191 e. The molecule has 1 aromatic carbocycles. The van der Waals surface area contributed by atoms with Gasteiger partial charge in [-0.15, -0.1) is 24.0 Å². The summed E-state index contributed by atoms with van der Waals surface area (Å²) < 4.78 is 32.6. The minimum atomic E-state index is -0.568. The van der Waals surface area contributed by atoms with E-state index in [-0.39, 0.29) is 30.0 Å². The number of aryl methyl sites for hydroxylation is 1. The van der Waals surface area contributed by atoms with Gasteiger partial charge < -0.3 is 20.3 Å². The first-order chi connectivity index (χ1) is 13.9. The number of ether oxygens (including phenoxy) is 1. The minimum absolute atomic E-state index is 0. The van der Waals surface area contributed by atoms with E-state index in [0.717, 1.165) is 35.1 Å². The number of guanidine groups is 1. The Morgan fingerprint density at radius 3 is 2.77 bits per heavy atom. The summed E-state index contributed by atoms with van der Waals surface area (Å²) in [4.78, 5) is 10.7. The van der Waals surface area contributed by atoms with Crippen molar-refractivity contribution in [3.8, 4) is 5.75 Å². The molecular weight excluding hydrogens is 503 g/mol. The number of rotatable bonds is 5. The molecule has 0 aliphatic carbocycles. The molecule has 2 aromatic rings. The van der Waals surface area contributed by atoms with E-state index >= 15 is 0 Å². The molecule has 30 heavy (non-hydrogen) atoms. The van der Waals surface area contributed by atoms with E-state index in [2.05, 4.69) is 20.6 Å². The number of benzene rings is 1. The number of aliphatic imine (C=N–C) groups is 1. The van der Waals surface area contributed by atoms with Gasteiger partial charge in [-0.3, -0.25) is 9.98 Å². The highest BCUT2D eigenvalue weighted by atomic mass is 127. The maximum atomic E-state index is 14.0. The third-order valence-corrected chi connectivity index (χ3v) is 5.18. The smallest absolute Gasteiger partial charge is 0.191 e. The first kappa shape index (κ1) is 24.1. The van der Waals surface area contributed by atoms with Gasteiger partial charge in [-0.05, 0) is 32.4 Å². The van der Waals surface area contributed by atoms with E-state index in [4.69, 9.17) is 4.74 Å². The van der Waals surface area contributed by atoms with Gasteiger partial charge in [0.15, 0.2) is 5.96 Å². The molecule has 2 N–H and O–H groups in total. The lowest BCUT2D eigenvalue weighted by Crippen LogP contribution is -2.44. The number of aromatic nitrogens is 1. The van der Waals surface area contributed by atoms with E-state index < -0.39 is 11.6 Å². The Morgan fingerprint density at radius 2 is 2.10 bits per heavy atom. The summed E-state index contributed by atoms with van der Waals surface area (Å²) in [7, 11) is 3.36. The van der Waals surface area contributed by atoms with Crippen molar-refractivity contribution in [2.24, 2.45) is 4.99 Å². The summed E-state index contributed by atoms with van der Waals surface area (Å²) in [6.07, 6.45) is 2.62. The van der Waals surface area contributed by atoms with Crippen LogP contribution in [-0.2, 0) is 6.54 Å². The Kier molecular flexibility index (Phi) is 8.63. The van der Waals surface area contributed by atoms with Crippen LogP contribution in [0.4, 0.5) is 14.5 Å². The highest BCUT2D eigenvalue weighted by Gasteiger charge is 2.25. The third-order valence-electron chi connectivity index (χ3n) is 5.18. The van der Waals surface area contributed by atoms with E-state index in [9.17, 15) is 8.78 Å². The lowest BCUT2D eigenvalue weighted by molar-refractivity contribution is 0.406. The highest BCUT2D eigenvalue weighted by Crippen LogP contribution is 2.25. The summed E-state index contributed by atoms with van der Waals surface area (Å²) in [6.45, 7) is 5.75. The van der Waals surface area contributed by atoms with Crippen molar-refractivity contribution >= 4 is 35.6 Å². The molecule has 3 rings (SSSR count). The van der Waals surface area contributed by atoms with Crippen molar-refractivity contribution in [1.29, 1.82) is 0 Å². The van der Waals surface area contributed by atoms with Crippen molar-refractivity contribution in [1.82, 2.24) is 15.6 Å². The van der Waals surface area contributed by atoms with Crippen LogP contribution in [0.2, 0.25) is 0 Å². The van der Waals surface area contributed by atoms with Crippen LogP contribution >= 0.6 is 24.0 Å². The first-order valence-corrected chi connectivity index (χ1v) is 9.59. The first-order valence-electron chi connectivity index (χ1n) is 9.59. The van der Waals surface area contributed by atoms with Crippen LogP contribution < -0.4 is 20.3 Å². The predicted octanol–water partition coefficient (Wildman–Crippen LogP) is 3.55. The zero-order valence-electron chi connectivity index (χ0n) is 17.6. The standard InChI is InChI=1S/C21H27F2N5O.HI/c1-13-10-25-18(14(2)20(13)29-4)11-26-21(24-3)27-16-7-8-28(12-16)19-6-5-15(22)9-17(19)23;/h5-6,9-10,16H,7-8,11-12H2,1-4H3,(H2,24,26,27);1H. The molecule has 0 amide bonds. The molecule has 0 radical (unpaired) electrons. The van der Waals surface area contributed by atoms with Crippen LogP contribution in [0.3, 0.4) is 0 Å². The van der Waals surface area contributed by atoms with Crippen molar-refractivity contribution in [3.63, 3.8) is 0 Å². The van der Waals surface area contributed by atoms with Gasteiger partial charge >= 0.3 is 0 Å². The number of nitrogens with zero attached hydrogens (tertiary/aromatic N) is 3. The Labute approximate surface area is 193 Å². The number of methoxy groups -OCH3 is 1. The molecule has 1 saturated heterocycles. The molecule has 0 saturated carbocycles. The van der Waals surface area contributed by atoms with E-state index in [1.165, 1.54) is 12.1 Å². The van der Waals surface area contributed by atoms with Gasteiger partial charge in [0.25, 0.3) is 0 Å². The number of anilines is 1. The summed E-state index contributed by atoms with van der Waals surface area (Å²) in [6, 6.07) is 3.79. The average Bonchev–Trinajstić information content (AvgIpc) is 3.15. The van der Waals surface area contributed by atoms with Crippen LogP contribution in [-0.4, -0.2) is 44.2 Å². The molecule has 2 heterocycles. The summed E-state index contributed by atoms with van der Waals surface area (Å²) in [5.41, 5.74) is 3.30. The number of nitrogens with one attached hydrogen (secondary N) is 2. The molecule has 1 atom stereocenters. The molecule has 164 valence electrons. The number of hydrogen-bond donors (Lipinski definition) is 2. The SMILES string of the molecule is CN=C(NCc1ncc(C)c(OC)c1C)NC1CCN(c2ccc(F)cc2F)C1.I. The second-order valence-corrected chi connectivity index (χ2v) is 7.14. The average molecular weight is 531 g/mol. The van der Waals surface area contributed by atoms with Gasteiger partial charge in [-0.25, -0.2) is 8.78 Å². The fourth-order valence-corrected chi connectivity index (χ4v) is 3.64. The van der Waals surface area contributed by atoms with Gasteiger partial charge in [-0.2, -0.15) is 0 Å². The largest absolute Gasteiger partial charge is 0.496 e. The lowest BCUT2D eigenvalue weighted by Gasteiger charge is -2.21. The molecule has 1 aliphatic heterocycles. The summed E-state index contributed by atoms with van der Waals surface area (Å²) in [5.74, 6) is 0.383. The Morgan fingerprint density at radius 1 is 1.33 bits per heavy atom. The molecular formula is C21H28F2IN5O. The van der Waals surface area contributed by atoms with Gasteiger partial charge in [-0.1, -0.05) is 0 Å². The Hall–Kier alpha value is -2.17. The predicted molar refractivity (Wildman–Crippen MR) is 126 cm³/mol. The van der Waals surface area contributed by atoms with E-state index in [1.54, 1.807) is 20.4 Å². The van der Waals surface area contributed by atoms with Gasteiger partial charge in [0, 0.05) is 49.6 Å². The van der Waals surface area contributed by atoms with Crippen LogP contribution in [0.25, 0.3) is 0 Å². The molecule has 1 aliphatic rings. The number of hydrogen-bond acceptors (Lipinski definition) is 4. The Balaban J connectivity index is 0.00000320. The fraction of sp³-hybridized carbons (Fsp3) is 0.429. The molecule has 1 fully saturated rings. The van der Waals surface area contributed by atoms with Crippen LogP contribution in [0, 0.1) is 25.5 Å².